The molecule has 0 bridgehead atoms. The van der Waals surface area contributed by atoms with Crippen molar-refractivity contribution in [3.63, 3.8) is 0 Å². The van der Waals surface area contributed by atoms with Gasteiger partial charge in [0.2, 0.25) is 0 Å². The molecule has 6 nitrogen and oxygen atoms in total. The lowest BCUT2D eigenvalue weighted by molar-refractivity contribution is 0.383. The van der Waals surface area contributed by atoms with Crippen LogP contribution in [0, 0.1) is 0 Å². The van der Waals surface area contributed by atoms with E-state index in [1.807, 2.05) is 24.3 Å². The van der Waals surface area contributed by atoms with Crippen LogP contribution in [0.5, 0.6) is 23.0 Å². The summed E-state index contributed by atoms with van der Waals surface area (Å²) in [6.07, 6.45) is 0. The fourth-order valence-corrected chi connectivity index (χ4v) is 2.90. The van der Waals surface area contributed by atoms with E-state index in [1.165, 1.54) is 0 Å². The highest BCUT2D eigenvalue weighted by Crippen LogP contribution is 2.38. The van der Waals surface area contributed by atoms with Crippen LogP contribution >= 0.6 is 0 Å². The van der Waals surface area contributed by atoms with Crippen molar-refractivity contribution in [2.45, 2.75) is 18.5 Å². The van der Waals surface area contributed by atoms with Gasteiger partial charge < -0.3 is 30.4 Å². The second-order valence-electron chi connectivity index (χ2n) is 6.09. The predicted molar refractivity (Wildman–Crippen MR) is 97.7 cm³/mol. The lowest BCUT2D eigenvalue weighted by Crippen LogP contribution is -2.51. The van der Waals surface area contributed by atoms with Gasteiger partial charge in [0, 0.05) is 18.1 Å². The van der Waals surface area contributed by atoms with Crippen LogP contribution in [0.2, 0.25) is 0 Å². The van der Waals surface area contributed by atoms with Crippen LogP contribution in [0.15, 0.2) is 36.4 Å². The van der Waals surface area contributed by atoms with Crippen molar-refractivity contribution < 1.29 is 18.9 Å². The summed E-state index contributed by atoms with van der Waals surface area (Å²) < 4.78 is 21.5. The molecule has 0 aromatic heterocycles. The first-order valence-electron chi connectivity index (χ1n) is 7.86. The van der Waals surface area contributed by atoms with Crippen molar-refractivity contribution in [3.05, 3.63) is 47.5 Å². The number of ether oxygens (including phenoxy) is 4. The fourth-order valence-electron chi connectivity index (χ4n) is 2.90. The molecule has 0 heterocycles. The van der Waals surface area contributed by atoms with E-state index in [2.05, 4.69) is 0 Å². The Hall–Kier alpha value is -2.44. The maximum absolute atomic E-state index is 6.32. The van der Waals surface area contributed by atoms with Crippen LogP contribution in [0.25, 0.3) is 0 Å². The van der Waals surface area contributed by atoms with Crippen molar-refractivity contribution in [3.8, 4) is 23.0 Å². The third kappa shape index (κ3) is 4.35. The van der Waals surface area contributed by atoms with Gasteiger partial charge in [-0.2, -0.15) is 0 Å². The van der Waals surface area contributed by atoms with Crippen LogP contribution < -0.4 is 30.4 Å². The van der Waals surface area contributed by atoms with Crippen LogP contribution in [-0.4, -0.2) is 34.1 Å². The number of nitrogens with two attached hydrogens (primary N) is 2. The van der Waals surface area contributed by atoms with Gasteiger partial charge in [-0.15, -0.1) is 0 Å². The molecule has 0 radical (unpaired) electrons. The van der Waals surface area contributed by atoms with Gasteiger partial charge in [-0.3, -0.25) is 0 Å². The zero-order valence-corrected chi connectivity index (χ0v) is 15.3. The van der Waals surface area contributed by atoms with E-state index in [-0.39, 0.29) is 5.92 Å². The SMILES string of the molecule is COc1cc(OC)cc(C(c2cc(OC)cc(OC)c2)C(C)(N)N)c1. The summed E-state index contributed by atoms with van der Waals surface area (Å²) in [6.45, 7) is 1.77. The number of hydrogen-bond acceptors (Lipinski definition) is 6. The third-order valence-electron chi connectivity index (χ3n) is 4.04. The molecule has 2 aromatic carbocycles. The number of methoxy groups -OCH3 is 4. The molecule has 25 heavy (non-hydrogen) atoms. The highest BCUT2D eigenvalue weighted by atomic mass is 16.5. The molecule has 0 saturated heterocycles. The molecule has 0 aliphatic heterocycles. The Labute approximate surface area is 148 Å². The molecule has 0 fully saturated rings. The zero-order valence-electron chi connectivity index (χ0n) is 15.3. The highest BCUT2D eigenvalue weighted by molar-refractivity contribution is 5.48. The summed E-state index contributed by atoms with van der Waals surface area (Å²) in [5.74, 6) is 2.33. The molecule has 0 spiro atoms. The lowest BCUT2D eigenvalue weighted by atomic mass is 9.82. The number of benzene rings is 2. The van der Waals surface area contributed by atoms with Gasteiger partial charge in [0.25, 0.3) is 0 Å². The van der Waals surface area contributed by atoms with Crippen LogP contribution in [0.1, 0.15) is 24.0 Å². The standard InChI is InChI=1S/C19H26N2O4/c1-19(20,21)18(12-6-14(22-2)10-15(7-12)23-3)13-8-16(24-4)11-17(9-13)25-5/h6-11,18H,20-21H2,1-5H3. The second-order valence-corrected chi connectivity index (χ2v) is 6.09. The third-order valence-corrected chi connectivity index (χ3v) is 4.04. The van der Waals surface area contributed by atoms with E-state index in [0.717, 1.165) is 11.1 Å². The van der Waals surface area contributed by atoms with Crippen LogP contribution in [-0.2, 0) is 0 Å². The predicted octanol–water partition coefficient (Wildman–Crippen LogP) is 2.49. The van der Waals surface area contributed by atoms with E-state index in [0.29, 0.717) is 23.0 Å². The minimum absolute atomic E-state index is 0.333. The topological polar surface area (TPSA) is 89.0 Å². The van der Waals surface area contributed by atoms with E-state index < -0.39 is 5.66 Å². The molecule has 136 valence electrons. The summed E-state index contributed by atoms with van der Waals surface area (Å²) in [5, 5.41) is 0. The van der Waals surface area contributed by atoms with Crippen molar-refractivity contribution in [2.75, 3.05) is 28.4 Å². The van der Waals surface area contributed by atoms with Gasteiger partial charge in [0.1, 0.15) is 23.0 Å². The van der Waals surface area contributed by atoms with Gasteiger partial charge in [-0.1, -0.05) is 0 Å². The molecule has 0 saturated carbocycles. The maximum Gasteiger partial charge on any atom is 0.122 e. The normalized spacial score (nSPS) is 11.4. The average molecular weight is 346 g/mol. The van der Waals surface area contributed by atoms with Crippen molar-refractivity contribution in [2.24, 2.45) is 11.5 Å². The smallest absolute Gasteiger partial charge is 0.122 e. The van der Waals surface area contributed by atoms with Gasteiger partial charge in [0.05, 0.1) is 34.1 Å². The monoisotopic (exact) mass is 346 g/mol. The Bertz CT molecular complexity index is 626. The van der Waals surface area contributed by atoms with E-state index in [9.17, 15) is 0 Å². The zero-order chi connectivity index (χ0) is 18.6. The van der Waals surface area contributed by atoms with Crippen LogP contribution in [0.4, 0.5) is 0 Å². The molecular weight excluding hydrogens is 320 g/mol. The summed E-state index contributed by atoms with van der Waals surface area (Å²) in [5.41, 5.74) is 13.4. The Morgan fingerprint density at radius 3 is 1.12 bits per heavy atom. The molecule has 4 N–H and O–H groups in total. The largest absolute Gasteiger partial charge is 0.497 e. The van der Waals surface area contributed by atoms with E-state index >= 15 is 0 Å². The molecule has 0 aliphatic rings. The number of hydrogen-bond donors (Lipinski definition) is 2. The quantitative estimate of drug-likeness (QED) is 0.749. The van der Waals surface area contributed by atoms with Crippen LogP contribution in [0.3, 0.4) is 0 Å². The first kappa shape index (κ1) is 18.9. The van der Waals surface area contributed by atoms with E-state index in [4.69, 9.17) is 30.4 Å². The van der Waals surface area contributed by atoms with E-state index in [1.54, 1.807) is 47.5 Å². The molecule has 0 unspecified atom stereocenters. The second kappa shape index (κ2) is 7.63. The first-order chi connectivity index (χ1) is 11.8. The minimum Gasteiger partial charge on any atom is -0.497 e. The van der Waals surface area contributed by atoms with Crippen molar-refractivity contribution in [1.82, 2.24) is 0 Å². The van der Waals surface area contributed by atoms with Crippen molar-refractivity contribution in [1.29, 1.82) is 0 Å². The van der Waals surface area contributed by atoms with Crippen molar-refractivity contribution >= 4 is 0 Å². The Kier molecular flexibility index (Phi) is 5.77. The first-order valence-corrected chi connectivity index (χ1v) is 7.86. The Balaban J connectivity index is 2.66. The summed E-state index contributed by atoms with van der Waals surface area (Å²) in [4.78, 5) is 0. The molecule has 6 heteroatoms. The fraction of sp³-hybridized carbons (Fsp3) is 0.368. The molecule has 0 atom stereocenters. The van der Waals surface area contributed by atoms with Gasteiger partial charge >= 0.3 is 0 Å². The molecule has 2 rings (SSSR count). The maximum atomic E-state index is 6.32. The minimum atomic E-state index is -1.03. The number of rotatable bonds is 7. The lowest BCUT2D eigenvalue weighted by Gasteiger charge is -2.32. The molecular formula is C19H26N2O4. The van der Waals surface area contributed by atoms with Gasteiger partial charge in [-0.05, 0) is 42.3 Å². The highest BCUT2D eigenvalue weighted by Gasteiger charge is 2.31. The van der Waals surface area contributed by atoms with Gasteiger partial charge in [-0.25, -0.2) is 0 Å². The Morgan fingerprint density at radius 2 is 0.920 bits per heavy atom. The average Bonchev–Trinajstić information content (AvgIpc) is 2.59. The summed E-state index contributed by atoms with van der Waals surface area (Å²) in [6, 6.07) is 11.2. The summed E-state index contributed by atoms with van der Waals surface area (Å²) in [7, 11) is 6.41. The summed E-state index contributed by atoms with van der Waals surface area (Å²) >= 11 is 0. The molecule has 2 aromatic rings. The Morgan fingerprint density at radius 1 is 0.640 bits per heavy atom. The molecule has 0 amide bonds. The molecule has 0 aliphatic carbocycles. The van der Waals surface area contributed by atoms with Gasteiger partial charge in [0.15, 0.2) is 0 Å².